The molecule has 3 nitrogen and oxygen atoms in total. The lowest BCUT2D eigenvalue weighted by Gasteiger charge is -2.24. The normalized spacial score (nSPS) is 26.4. The maximum Gasteiger partial charge on any atom is 0.0849 e. The van der Waals surface area contributed by atoms with E-state index in [1.807, 2.05) is 11.7 Å². The molecule has 2 atom stereocenters. The lowest BCUT2D eigenvalue weighted by atomic mass is 9.83. The van der Waals surface area contributed by atoms with Crippen molar-refractivity contribution in [2.45, 2.75) is 65.3 Å². The minimum Gasteiger partial charge on any atom is -0.314 e. The molecule has 1 aliphatic rings. The maximum atomic E-state index is 6.49. The van der Waals surface area contributed by atoms with Gasteiger partial charge in [0, 0.05) is 13.1 Å². The van der Waals surface area contributed by atoms with Crippen LogP contribution in [0, 0.1) is 5.41 Å². The summed E-state index contributed by atoms with van der Waals surface area (Å²) in [4.78, 5) is 0. The first-order chi connectivity index (χ1) is 9.49. The largest absolute Gasteiger partial charge is 0.314 e. The highest BCUT2D eigenvalue weighted by Crippen LogP contribution is 2.42. The van der Waals surface area contributed by atoms with E-state index in [0.717, 1.165) is 30.1 Å². The summed E-state index contributed by atoms with van der Waals surface area (Å²) in [5.74, 6) is 0. The molecule has 1 saturated carbocycles. The van der Waals surface area contributed by atoms with Gasteiger partial charge in [-0.15, -0.1) is 0 Å². The second kappa shape index (κ2) is 6.48. The highest BCUT2D eigenvalue weighted by Gasteiger charge is 2.36. The van der Waals surface area contributed by atoms with Crippen molar-refractivity contribution in [2.24, 2.45) is 12.5 Å². The molecule has 4 heteroatoms. The Labute approximate surface area is 128 Å². The molecule has 20 heavy (non-hydrogen) atoms. The van der Waals surface area contributed by atoms with Crippen LogP contribution >= 0.6 is 11.6 Å². The second-order valence-corrected chi connectivity index (χ2v) is 6.94. The van der Waals surface area contributed by atoms with Crippen LogP contribution in [0.1, 0.15) is 57.8 Å². The zero-order chi connectivity index (χ0) is 14.8. The Kier molecular flexibility index (Phi) is 5.14. The molecule has 1 N–H and O–H groups in total. The zero-order valence-electron chi connectivity index (χ0n) is 13.3. The first kappa shape index (κ1) is 15.8. The molecule has 2 unspecified atom stereocenters. The Morgan fingerprint density at radius 3 is 2.80 bits per heavy atom. The van der Waals surface area contributed by atoms with Gasteiger partial charge >= 0.3 is 0 Å². The third kappa shape index (κ3) is 3.37. The lowest BCUT2D eigenvalue weighted by Crippen LogP contribution is -2.29. The molecular formula is C16H28ClN3. The predicted molar refractivity (Wildman–Crippen MR) is 85.3 cm³/mol. The molecule has 1 aliphatic carbocycles. The van der Waals surface area contributed by atoms with Gasteiger partial charge in [0.15, 0.2) is 0 Å². The molecule has 0 spiro atoms. The van der Waals surface area contributed by atoms with Crippen molar-refractivity contribution in [3.05, 3.63) is 16.4 Å². The van der Waals surface area contributed by atoms with E-state index in [-0.39, 0.29) is 0 Å². The summed E-state index contributed by atoms with van der Waals surface area (Å²) >= 11 is 6.49. The van der Waals surface area contributed by atoms with Crippen molar-refractivity contribution in [1.29, 1.82) is 0 Å². The van der Waals surface area contributed by atoms with Crippen LogP contribution in [0.5, 0.6) is 0 Å². The number of halogens is 1. The number of rotatable bonds is 6. The number of aryl methyl sites for hydroxylation is 2. The quantitative estimate of drug-likeness (QED) is 0.867. The summed E-state index contributed by atoms with van der Waals surface area (Å²) in [5.41, 5.74) is 2.60. The molecule has 114 valence electrons. The van der Waals surface area contributed by atoms with Gasteiger partial charge in [-0.25, -0.2) is 0 Å². The number of nitrogens with zero attached hydrogens (tertiary/aromatic N) is 2. The third-order valence-electron chi connectivity index (χ3n) is 4.62. The SMILES string of the molecule is CCCNC1CCC(C)(Cc2c(Cl)c(CC)nn2C)C1. The Morgan fingerprint density at radius 1 is 1.45 bits per heavy atom. The monoisotopic (exact) mass is 297 g/mol. The van der Waals surface area contributed by atoms with E-state index >= 15 is 0 Å². The molecule has 1 aromatic heterocycles. The van der Waals surface area contributed by atoms with Gasteiger partial charge in [-0.05, 0) is 50.5 Å². The smallest absolute Gasteiger partial charge is 0.0849 e. The van der Waals surface area contributed by atoms with E-state index in [0.29, 0.717) is 11.5 Å². The zero-order valence-corrected chi connectivity index (χ0v) is 14.1. The summed E-state index contributed by atoms with van der Waals surface area (Å²) in [6.45, 7) is 7.87. The van der Waals surface area contributed by atoms with Crippen LogP contribution in [0.4, 0.5) is 0 Å². The molecule has 1 fully saturated rings. The van der Waals surface area contributed by atoms with Gasteiger partial charge in [-0.1, -0.05) is 32.4 Å². The van der Waals surface area contributed by atoms with Gasteiger partial charge in [-0.3, -0.25) is 4.68 Å². The predicted octanol–water partition coefficient (Wildman–Crippen LogP) is 3.74. The van der Waals surface area contributed by atoms with Crippen LogP contribution in [-0.4, -0.2) is 22.4 Å². The molecule has 0 saturated heterocycles. The molecule has 0 aromatic carbocycles. The van der Waals surface area contributed by atoms with Gasteiger partial charge in [0.1, 0.15) is 0 Å². The third-order valence-corrected chi connectivity index (χ3v) is 5.05. The Morgan fingerprint density at radius 2 is 2.20 bits per heavy atom. The van der Waals surface area contributed by atoms with Crippen molar-refractivity contribution in [3.8, 4) is 0 Å². The topological polar surface area (TPSA) is 29.9 Å². The summed E-state index contributed by atoms with van der Waals surface area (Å²) in [5, 5.41) is 9.09. The fourth-order valence-corrected chi connectivity index (χ4v) is 3.78. The fraction of sp³-hybridized carbons (Fsp3) is 0.812. The van der Waals surface area contributed by atoms with Crippen LogP contribution in [0.25, 0.3) is 0 Å². The van der Waals surface area contributed by atoms with E-state index < -0.39 is 0 Å². The van der Waals surface area contributed by atoms with Gasteiger partial charge in [-0.2, -0.15) is 5.10 Å². The Bertz CT molecular complexity index is 455. The highest BCUT2D eigenvalue weighted by molar-refractivity contribution is 6.31. The van der Waals surface area contributed by atoms with Gasteiger partial charge in [0.05, 0.1) is 16.4 Å². The van der Waals surface area contributed by atoms with E-state index in [4.69, 9.17) is 11.6 Å². The van der Waals surface area contributed by atoms with Crippen molar-refractivity contribution < 1.29 is 0 Å². The van der Waals surface area contributed by atoms with Gasteiger partial charge < -0.3 is 5.32 Å². The minimum atomic E-state index is 0.355. The average Bonchev–Trinajstić information content (AvgIpc) is 2.92. The van der Waals surface area contributed by atoms with Crippen molar-refractivity contribution >= 4 is 11.6 Å². The summed E-state index contributed by atoms with van der Waals surface area (Å²) < 4.78 is 1.99. The molecule has 0 aliphatic heterocycles. The second-order valence-electron chi connectivity index (χ2n) is 6.57. The van der Waals surface area contributed by atoms with Crippen molar-refractivity contribution in [3.63, 3.8) is 0 Å². The highest BCUT2D eigenvalue weighted by atomic mass is 35.5. The average molecular weight is 298 g/mol. The molecule has 0 amide bonds. The lowest BCUT2D eigenvalue weighted by molar-refractivity contribution is 0.314. The molecule has 0 bridgehead atoms. The standard InChI is InChI=1S/C16H28ClN3/c1-5-9-18-12-7-8-16(3,10-12)11-14-15(17)13(6-2)19-20(14)4/h12,18H,5-11H2,1-4H3. The van der Waals surface area contributed by atoms with Crippen LogP contribution in [-0.2, 0) is 19.9 Å². The van der Waals surface area contributed by atoms with Crippen molar-refractivity contribution in [1.82, 2.24) is 15.1 Å². The maximum absolute atomic E-state index is 6.49. The Hall–Kier alpha value is -0.540. The van der Waals surface area contributed by atoms with E-state index in [1.54, 1.807) is 0 Å². The summed E-state index contributed by atoms with van der Waals surface area (Å²) in [7, 11) is 2.02. The van der Waals surface area contributed by atoms with Crippen LogP contribution < -0.4 is 5.32 Å². The first-order valence-corrected chi connectivity index (χ1v) is 8.30. The molecular weight excluding hydrogens is 270 g/mol. The molecule has 1 aromatic rings. The fourth-order valence-electron chi connectivity index (χ4n) is 3.42. The summed E-state index contributed by atoms with van der Waals surface area (Å²) in [6.07, 6.45) is 6.96. The van der Waals surface area contributed by atoms with Crippen LogP contribution in [0.2, 0.25) is 5.02 Å². The number of nitrogens with one attached hydrogen (secondary N) is 1. The van der Waals surface area contributed by atoms with E-state index in [2.05, 4.69) is 31.2 Å². The first-order valence-electron chi connectivity index (χ1n) is 7.92. The molecule has 1 heterocycles. The minimum absolute atomic E-state index is 0.355. The van der Waals surface area contributed by atoms with E-state index in [1.165, 1.54) is 31.4 Å². The number of hydrogen-bond acceptors (Lipinski definition) is 2. The van der Waals surface area contributed by atoms with Gasteiger partial charge in [0.2, 0.25) is 0 Å². The summed E-state index contributed by atoms with van der Waals surface area (Å²) in [6, 6.07) is 0.678. The van der Waals surface area contributed by atoms with Crippen molar-refractivity contribution in [2.75, 3.05) is 6.54 Å². The van der Waals surface area contributed by atoms with Gasteiger partial charge in [0.25, 0.3) is 0 Å². The van der Waals surface area contributed by atoms with E-state index in [9.17, 15) is 0 Å². The molecule has 0 radical (unpaired) electrons. The number of aromatic nitrogens is 2. The van der Waals surface area contributed by atoms with Crippen LogP contribution in [0.15, 0.2) is 0 Å². The van der Waals surface area contributed by atoms with Crippen LogP contribution in [0.3, 0.4) is 0 Å². The number of hydrogen-bond donors (Lipinski definition) is 1. The molecule has 2 rings (SSSR count). The Balaban J connectivity index is 2.05.